The molecule has 3 N–H and O–H groups in total. The second-order valence-electron chi connectivity index (χ2n) is 3.80. The molecule has 0 spiro atoms. The smallest absolute Gasteiger partial charge is 0.419 e. The van der Waals surface area contributed by atoms with Crippen LogP contribution in [0.3, 0.4) is 0 Å². The van der Waals surface area contributed by atoms with Gasteiger partial charge < -0.3 is 14.9 Å². The van der Waals surface area contributed by atoms with Crippen LogP contribution in [0.5, 0.6) is 17.4 Å². The number of aromatic nitrogens is 2. The highest BCUT2D eigenvalue weighted by atomic mass is 19.4. The van der Waals surface area contributed by atoms with Crippen LogP contribution in [0.15, 0.2) is 30.6 Å². The Balaban J connectivity index is 2.44. The van der Waals surface area contributed by atoms with Crippen LogP contribution >= 0.6 is 0 Å². The first-order chi connectivity index (χ1) is 9.97. The number of para-hydroxylation sites is 1. The second kappa shape index (κ2) is 5.83. The van der Waals surface area contributed by atoms with Crippen LogP contribution in [0.2, 0.25) is 0 Å². The minimum absolute atomic E-state index is 0.00280. The summed E-state index contributed by atoms with van der Waals surface area (Å²) < 4.78 is 48.9. The van der Waals surface area contributed by atoms with E-state index in [0.29, 0.717) is 0 Å². The van der Waals surface area contributed by atoms with Gasteiger partial charge >= 0.3 is 6.18 Å². The quantitative estimate of drug-likeness (QED) is 0.667. The minimum Gasteiger partial charge on any atom is -0.489 e. The number of anilines is 1. The summed E-state index contributed by atoms with van der Waals surface area (Å²) in [7, 11) is 1.29. The van der Waals surface area contributed by atoms with Crippen molar-refractivity contribution in [3.63, 3.8) is 0 Å². The zero-order valence-corrected chi connectivity index (χ0v) is 10.8. The topological polar surface area (TPSA) is 82.3 Å². The van der Waals surface area contributed by atoms with Gasteiger partial charge in [0.05, 0.1) is 12.7 Å². The molecule has 0 saturated carbocycles. The average molecular weight is 300 g/mol. The number of rotatable bonds is 4. The average Bonchev–Trinajstić information content (AvgIpc) is 2.46. The molecule has 0 radical (unpaired) electrons. The van der Waals surface area contributed by atoms with Crippen LogP contribution in [-0.2, 0) is 6.18 Å². The van der Waals surface area contributed by atoms with Gasteiger partial charge in [-0.1, -0.05) is 12.1 Å². The molecule has 0 atom stereocenters. The molecular weight excluding hydrogens is 289 g/mol. The van der Waals surface area contributed by atoms with Gasteiger partial charge in [-0.2, -0.15) is 18.2 Å². The monoisotopic (exact) mass is 300 g/mol. The maximum absolute atomic E-state index is 12.9. The number of hydrazine groups is 1. The van der Waals surface area contributed by atoms with Crippen LogP contribution in [0, 0.1) is 0 Å². The van der Waals surface area contributed by atoms with Gasteiger partial charge in [0.15, 0.2) is 5.82 Å². The van der Waals surface area contributed by atoms with Gasteiger partial charge in [0.2, 0.25) is 5.75 Å². The van der Waals surface area contributed by atoms with Crippen molar-refractivity contribution in [1.29, 1.82) is 0 Å². The number of halogens is 3. The van der Waals surface area contributed by atoms with E-state index in [1.54, 1.807) is 0 Å². The number of nitrogens with two attached hydrogens (primary N) is 1. The first-order valence-corrected chi connectivity index (χ1v) is 5.67. The molecule has 0 amide bonds. The van der Waals surface area contributed by atoms with E-state index >= 15 is 0 Å². The van der Waals surface area contributed by atoms with Crippen LogP contribution in [0.4, 0.5) is 19.0 Å². The first-order valence-electron chi connectivity index (χ1n) is 5.67. The third-order valence-electron chi connectivity index (χ3n) is 2.51. The maximum Gasteiger partial charge on any atom is 0.419 e. The SMILES string of the molecule is COc1c(NN)ncnc1Oc1ccccc1C(F)(F)F. The van der Waals surface area contributed by atoms with E-state index in [1.165, 1.54) is 25.3 Å². The molecule has 2 rings (SSSR count). The molecule has 1 heterocycles. The van der Waals surface area contributed by atoms with Crippen LogP contribution in [0.1, 0.15) is 5.56 Å². The van der Waals surface area contributed by atoms with Gasteiger partial charge in [-0.15, -0.1) is 0 Å². The molecule has 0 aliphatic rings. The fourth-order valence-electron chi connectivity index (χ4n) is 1.61. The fourth-order valence-corrected chi connectivity index (χ4v) is 1.61. The summed E-state index contributed by atoms with van der Waals surface area (Å²) in [4.78, 5) is 7.52. The summed E-state index contributed by atoms with van der Waals surface area (Å²) in [5.41, 5.74) is 1.32. The zero-order valence-electron chi connectivity index (χ0n) is 10.8. The molecule has 0 bridgehead atoms. The lowest BCUT2D eigenvalue weighted by atomic mass is 10.2. The Bertz CT molecular complexity index is 634. The standard InChI is InChI=1S/C12H11F3N4O2/c1-20-9-10(19-16)17-6-18-11(9)21-8-5-3-2-4-7(8)12(13,14)15/h2-6H,16H2,1H3,(H,17,18,19). The Morgan fingerprint density at radius 3 is 2.52 bits per heavy atom. The van der Waals surface area contributed by atoms with E-state index in [9.17, 15) is 13.2 Å². The number of nitrogens with zero attached hydrogens (tertiary/aromatic N) is 2. The van der Waals surface area contributed by atoms with Crippen molar-refractivity contribution >= 4 is 5.82 Å². The van der Waals surface area contributed by atoms with Gasteiger partial charge in [0, 0.05) is 0 Å². The largest absolute Gasteiger partial charge is 0.489 e. The van der Waals surface area contributed by atoms with Crippen molar-refractivity contribution in [3.8, 4) is 17.4 Å². The molecule has 9 heteroatoms. The first kappa shape index (κ1) is 14.9. The molecular formula is C12H11F3N4O2. The van der Waals surface area contributed by atoms with Crippen molar-refractivity contribution in [1.82, 2.24) is 9.97 Å². The molecule has 1 aromatic heterocycles. The van der Waals surface area contributed by atoms with Crippen LogP contribution in [0.25, 0.3) is 0 Å². The Hall–Kier alpha value is -2.55. The summed E-state index contributed by atoms with van der Waals surface area (Å²) in [6.07, 6.45) is -3.46. The molecule has 21 heavy (non-hydrogen) atoms. The third-order valence-corrected chi connectivity index (χ3v) is 2.51. The molecule has 0 unspecified atom stereocenters. The number of nitrogens with one attached hydrogen (secondary N) is 1. The summed E-state index contributed by atoms with van der Waals surface area (Å²) >= 11 is 0. The van der Waals surface area contributed by atoms with Gasteiger partial charge in [-0.05, 0) is 12.1 Å². The number of alkyl halides is 3. The van der Waals surface area contributed by atoms with Crippen LogP contribution < -0.4 is 20.7 Å². The molecule has 0 fully saturated rings. The lowest BCUT2D eigenvalue weighted by molar-refractivity contribution is -0.138. The van der Waals surface area contributed by atoms with Gasteiger partial charge in [0.25, 0.3) is 5.88 Å². The van der Waals surface area contributed by atoms with Crippen molar-refractivity contribution in [2.75, 3.05) is 12.5 Å². The highest BCUT2D eigenvalue weighted by molar-refractivity contribution is 5.55. The van der Waals surface area contributed by atoms with Gasteiger partial charge in [0.1, 0.15) is 12.1 Å². The molecule has 0 aliphatic heterocycles. The number of ether oxygens (including phenoxy) is 2. The Labute approximate surface area is 117 Å². The molecule has 112 valence electrons. The van der Waals surface area contributed by atoms with Crippen molar-refractivity contribution in [2.45, 2.75) is 6.18 Å². The zero-order chi connectivity index (χ0) is 15.5. The number of benzene rings is 1. The maximum atomic E-state index is 12.9. The normalized spacial score (nSPS) is 11.1. The molecule has 0 aliphatic carbocycles. The number of hydrogen-bond donors (Lipinski definition) is 2. The number of methoxy groups -OCH3 is 1. The van der Waals surface area contributed by atoms with E-state index in [2.05, 4.69) is 15.4 Å². The molecule has 1 aromatic carbocycles. The summed E-state index contributed by atoms with van der Waals surface area (Å²) in [6, 6.07) is 4.77. The van der Waals surface area contributed by atoms with E-state index in [-0.39, 0.29) is 17.4 Å². The van der Waals surface area contributed by atoms with Crippen molar-refractivity contribution in [2.24, 2.45) is 5.84 Å². The van der Waals surface area contributed by atoms with E-state index in [1.807, 2.05) is 0 Å². The predicted octanol–water partition coefficient (Wildman–Crippen LogP) is 2.58. The third kappa shape index (κ3) is 3.14. The van der Waals surface area contributed by atoms with Crippen LogP contribution in [-0.4, -0.2) is 17.1 Å². The molecule has 2 aromatic rings. The lowest BCUT2D eigenvalue weighted by Crippen LogP contribution is -2.11. The van der Waals surface area contributed by atoms with E-state index in [4.69, 9.17) is 15.3 Å². The van der Waals surface area contributed by atoms with E-state index < -0.39 is 17.5 Å². The van der Waals surface area contributed by atoms with Gasteiger partial charge in [-0.25, -0.2) is 10.8 Å². The minimum atomic E-state index is -4.55. The summed E-state index contributed by atoms with van der Waals surface area (Å²) in [6.45, 7) is 0. The highest BCUT2D eigenvalue weighted by Gasteiger charge is 2.34. The molecule has 0 saturated heterocycles. The Kier molecular flexibility index (Phi) is 4.13. The predicted molar refractivity (Wildman–Crippen MR) is 67.9 cm³/mol. The number of hydrogen-bond acceptors (Lipinski definition) is 6. The summed E-state index contributed by atoms with van der Waals surface area (Å²) in [5, 5.41) is 0. The number of nitrogen functional groups attached to an aromatic ring is 1. The van der Waals surface area contributed by atoms with Crippen molar-refractivity contribution in [3.05, 3.63) is 36.2 Å². The molecule has 6 nitrogen and oxygen atoms in total. The lowest BCUT2D eigenvalue weighted by Gasteiger charge is -2.15. The fraction of sp³-hybridized carbons (Fsp3) is 0.167. The second-order valence-corrected chi connectivity index (χ2v) is 3.80. The summed E-state index contributed by atoms with van der Waals surface area (Å²) in [5.74, 6) is 4.74. The van der Waals surface area contributed by atoms with Crippen molar-refractivity contribution < 1.29 is 22.6 Å². The Morgan fingerprint density at radius 1 is 1.19 bits per heavy atom. The Morgan fingerprint density at radius 2 is 1.90 bits per heavy atom. The van der Waals surface area contributed by atoms with E-state index in [0.717, 1.165) is 12.4 Å². The highest BCUT2D eigenvalue weighted by Crippen LogP contribution is 2.40. The van der Waals surface area contributed by atoms with Gasteiger partial charge in [-0.3, -0.25) is 0 Å².